The topological polar surface area (TPSA) is 42.0 Å². The molecule has 0 saturated heterocycles. The second-order valence-corrected chi connectivity index (χ2v) is 5.11. The molecule has 1 heterocycles. The number of halogens is 4. The maximum absolute atomic E-state index is 12.9. The summed E-state index contributed by atoms with van der Waals surface area (Å²) < 4.78 is 39.1. The highest BCUT2D eigenvalue weighted by molar-refractivity contribution is 9.10. The van der Waals surface area contributed by atoms with E-state index in [1.54, 1.807) is 24.4 Å². The van der Waals surface area contributed by atoms with E-state index in [1.165, 1.54) is 6.07 Å². The number of hydrogen-bond acceptors (Lipinski definition) is 2. The molecule has 0 atom stereocenters. The first-order valence-electron chi connectivity index (χ1n) is 5.93. The van der Waals surface area contributed by atoms with Crippen molar-refractivity contribution in [2.75, 3.05) is 0 Å². The van der Waals surface area contributed by atoms with Crippen LogP contribution in [-0.2, 0) is 12.7 Å². The molecule has 1 amide bonds. The van der Waals surface area contributed by atoms with Crippen molar-refractivity contribution in [3.63, 3.8) is 0 Å². The monoisotopic (exact) mass is 358 g/mol. The molecule has 0 radical (unpaired) electrons. The fourth-order valence-corrected chi connectivity index (χ4v) is 2.08. The maximum atomic E-state index is 12.9. The molecule has 3 nitrogen and oxygen atoms in total. The fourth-order valence-electron chi connectivity index (χ4n) is 1.72. The molecule has 0 unspecified atom stereocenters. The SMILES string of the molecule is O=C(NCc1ccccn1)c1ccc(Br)cc1C(F)(F)F. The zero-order valence-corrected chi connectivity index (χ0v) is 12.2. The van der Waals surface area contributed by atoms with Crippen LogP contribution in [0.3, 0.4) is 0 Å². The van der Waals surface area contributed by atoms with E-state index in [4.69, 9.17) is 0 Å². The third-order valence-corrected chi connectivity index (χ3v) is 3.18. The van der Waals surface area contributed by atoms with E-state index in [0.29, 0.717) is 5.69 Å². The Labute approximate surface area is 127 Å². The lowest BCUT2D eigenvalue weighted by atomic mass is 10.1. The normalized spacial score (nSPS) is 11.2. The molecule has 0 saturated carbocycles. The summed E-state index contributed by atoms with van der Waals surface area (Å²) in [4.78, 5) is 15.9. The fraction of sp³-hybridized carbons (Fsp3) is 0.143. The first-order valence-corrected chi connectivity index (χ1v) is 6.72. The van der Waals surface area contributed by atoms with Crippen LogP contribution in [0, 0.1) is 0 Å². The van der Waals surface area contributed by atoms with Crippen LogP contribution in [0.4, 0.5) is 13.2 Å². The van der Waals surface area contributed by atoms with E-state index in [-0.39, 0.29) is 11.0 Å². The summed E-state index contributed by atoms with van der Waals surface area (Å²) >= 11 is 2.97. The molecule has 2 aromatic rings. The summed E-state index contributed by atoms with van der Waals surface area (Å²) in [6.45, 7) is 0.0625. The van der Waals surface area contributed by atoms with Crippen LogP contribution in [0.5, 0.6) is 0 Å². The molecule has 7 heteroatoms. The molecule has 0 aliphatic heterocycles. The van der Waals surface area contributed by atoms with Crippen molar-refractivity contribution in [3.8, 4) is 0 Å². The molecule has 21 heavy (non-hydrogen) atoms. The lowest BCUT2D eigenvalue weighted by Crippen LogP contribution is -2.26. The molecule has 1 aromatic carbocycles. The van der Waals surface area contributed by atoms with Crippen LogP contribution < -0.4 is 5.32 Å². The van der Waals surface area contributed by atoms with Crippen molar-refractivity contribution in [2.45, 2.75) is 12.7 Å². The molecule has 0 aliphatic rings. The van der Waals surface area contributed by atoms with Crippen molar-refractivity contribution in [1.82, 2.24) is 10.3 Å². The van der Waals surface area contributed by atoms with Gasteiger partial charge in [-0.2, -0.15) is 13.2 Å². The zero-order chi connectivity index (χ0) is 15.5. The third-order valence-electron chi connectivity index (χ3n) is 2.69. The summed E-state index contributed by atoms with van der Waals surface area (Å²) in [5.74, 6) is -0.791. The number of carbonyl (C=O) groups is 1. The van der Waals surface area contributed by atoms with Gasteiger partial charge in [0.05, 0.1) is 23.4 Å². The average Bonchev–Trinajstić information content (AvgIpc) is 2.45. The molecule has 1 aromatic heterocycles. The molecule has 2 rings (SSSR count). The second kappa shape index (κ2) is 6.26. The van der Waals surface area contributed by atoms with Crippen molar-refractivity contribution in [1.29, 1.82) is 0 Å². The van der Waals surface area contributed by atoms with E-state index in [2.05, 4.69) is 26.2 Å². The lowest BCUT2D eigenvalue weighted by molar-refractivity contribution is -0.138. The highest BCUT2D eigenvalue weighted by atomic mass is 79.9. The van der Waals surface area contributed by atoms with Crippen molar-refractivity contribution in [3.05, 3.63) is 63.9 Å². The standard InChI is InChI=1S/C14H10BrF3N2O/c15-9-4-5-11(12(7-9)14(16,17)18)13(21)20-8-10-3-1-2-6-19-10/h1-7H,8H2,(H,20,21). The van der Waals surface area contributed by atoms with Gasteiger partial charge < -0.3 is 5.32 Å². The predicted molar refractivity (Wildman–Crippen MR) is 74.6 cm³/mol. The largest absolute Gasteiger partial charge is 0.417 e. The number of pyridine rings is 1. The lowest BCUT2D eigenvalue weighted by Gasteiger charge is -2.13. The summed E-state index contributed by atoms with van der Waals surface area (Å²) in [7, 11) is 0. The summed E-state index contributed by atoms with van der Waals surface area (Å²) in [5, 5.41) is 2.43. The first-order chi connectivity index (χ1) is 9.88. The highest BCUT2D eigenvalue weighted by Gasteiger charge is 2.35. The molecular formula is C14H10BrF3N2O. The molecule has 0 fully saturated rings. The number of hydrogen-bond donors (Lipinski definition) is 1. The van der Waals surface area contributed by atoms with Crippen LogP contribution in [0.1, 0.15) is 21.6 Å². The Morgan fingerprint density at radius 1 is 1.24 bits per heavy atom. The molecule has 0 spiro atoms. The highest BCUT2D eigenvalue weighted by Crippen LogP contribution is 2.33. The molecule has 1 N–H and O–H groups in total. The van der Waals surface area contributed by atoms with Gasteiger partial charge in [-0.15, -0.1) is 0 Å². The van der Waals surface area contributed by atoms with Gasteiger partial charge in [0.2, 0.25) is 0 Å². The Hall–Kier alpha value is -1.89. The van der Waals surface area contributed by atoms with Crippen molar-refractivity contribution in [2.24, 2.45) is 0 Å². The third kappa shape index (κ3) is 4.04. The van der Waals surface area contributed by atoms with Crippen LogP contribution in [-0.4, -0.2) is 10.9 Å². The predicted octanol–water partition coefficient (Wildman–Crippen LogP) is 3.79. The molecule has 110 valence electrons. The Balaban J connectivity index is 2.20. The van der Waals surface area contributed by atoms with Gasteiger partial charge in [0.1, 0.15) is 0 Å². The van der Waals surface area contributed by atoms with Gasteiger partial charge >= 0.3 is 6.18 Å². The van der Waals surface area contributed by atoms with Gasteiger partial charge in [0.15, 0.2) is 0 Å². The number of carbonyl (C=O) groups excluding carboxylic acids is 1. The summed E-state index contributed by atoms with van der Waals surface area (Å²) in [6.07, 6.45) is -3.05. The van der Waals surface area contributed by atoms with E-state index >= 15 is 0 Å². The Morgan fingerprint density at radius 2 is 2.00 bits per heavy atom. The maximum Gasteiger partial charge on any atom is 0.417 e. The van der Waals surface area contributed by atoms with E-state index in [9.17, 15) is 18.0 Å². The van der Waals surface area contributed by atoms with Crippen LogP contribution in [0.2, 0.25) is 0 Å². The minimum atomic E-state index is -4.60. The van der Waals surface area contributed by atoms with Crippen molar-refractivity contribution < 1.29 is 18.0 Å². The van der Waals surface area contributed by atoms with Crippen LogP contribution >= 0.6 is 15.9 Å². The first kappa shape index (κ1) is 15.5. The minimum absolute atomic E-state index is 0.0625. The molecular weight excluding hydrogens is 349 g/mol. The Kier molecular flexibility index (Phi) is 4.62. The van der Waals surface area contributed by atoms with Gasteiger partial charge in [0.25, 0.3) is 5.91 Å². The van der Waals surface area contributed by atoms with Gasteiger partial charge in [-0.1, -0.05) is 22.0 Å². The van der Waals surface area contributed by atoms with Crippen LogP contribution in [0.25, 0.3) is 0 Å². The smallest absolute Gasteiger partial charge is 0.346 e. The summed E-state index contributed by atoms with van der Waals surface area (Å²) in [6, 6.07) is 8.53. The Morgan fingerprint density at radius 3 is 2.62 bits per heavy atom. The number of nitrogens with one attached hydrogen (secondary N) is 1. The number of rotatable bonds is 3. The molecule has 0 bridgehead atoms. The van der Waals surface area contributed by atoms with Gasteiger partial charge in [-0.05, 0) is 30.3 Å². The van der Waals surface area contributed by atoms with Gasteiger partial charge in [-0.25, -0.2) is 0 Å². The Bertz CT molecular complexity index is 644. The number of aromatic nitrogens is 1. The van der Waals surface area contributed by atoms with Crippen LogP contribution in [0.15, 0.2) is 47.1 Å². The number of amides is 1. The second-order valence-electron chi connectivity index (χ2n) is 4.19. The van der Waals surface area contributed by atoms with Gasteiger partial charge in [-0.3, -0.25) is 9.78 Å². The van der Waals surface area contributed by atoms with E-state index in [0.717, 1.165) is 12.1 Å². The van der Waals surface area contributed by atoms with E-state index < -0.39 is 23.2 Å². The summed E-state index contributed by atoms with van der Waals surface area (Å²) in [5.41, 5.74) is -0.825. The molecule has 0 aliphatic carbocycles. The number of nitrogens with zero attached hydrogens (tertiary/aromatic N) is 1. The number of benzene rings is 1. The van der Waals surface area contributed by atoms with Crippen molar-refractivity contribution >= 4 is 21.8 Å². The average molecular weight is 359 g/mol. The minimum Gasteiger partial charge on any atom is -0.346 e. The quantitative estimate of drug-likeness (QED) is 0.906. The number of alkyl halides is 3. The van der Waals surface area contributed by atoms with E-state index in [1.807, 2.05) is 0 Å². The zero-order valence-electron chi connectivity index (χ0n) is 10.6. The van der Waals surface area contributed by atoms with Gasteiger partial charge in [0, 0.05) is 10.7 Å².